The van der Waals surface area contributed by atoms with Crippen molar-refractivity contribution in [1.82, 2.24) is 14.7 Å². The Kier molecular flexibility index (Phi) is 35.6. The van der Waals surface area contributed by atoms with E-state index in [2.05, 4.69) is 6.07 Å². The van der Waals surface area contributed by atoms with Gasteiger partial charge in [0.25, 0.3) is 17.7 Å². The lowest BCUT2D eigenvalue weighted by Gasteiger charge is -2.37. The third kappa shape index (κ3) is 30.0. The van der Waals surface area contributed by atoms with Gasteiger partial charge in [0.1, 0.15) is 51.6 Å². The third-order valence-corrected chi connectivity index (χ3v) is 21.8. The van der Waals surface area contributed by atoms with Crippen LogP contribution < -0.4 is 18.9 Å². The zero-order chi connectivity index (χ0) is 96.9. The van der Waals surface area contributed by atoms with Crippen LogP contribution in [0.25, 0.3) is 45.3 Å². The van der Waals surface area contributed by atoms with Crippen molar-refractivity contribution in [2.24, 2.45) is 0 Å². The van der Waals surface area contributed by atoms with E-state index in [1.165, 1.54) is 4.90 Å². The van der Waals surface area contributed by atoms with Crippen molar-refractivity contribution in [2.45, 2.75) is 180 Å². The number of ether oxygens (including phenoxy) is 5. The molecule has 3 amide bonds. The van der Waals surface area contributed by atoms with Gasteiger partial charge in [0.15, 0.2) is 5.78 Å². The van der Waals surface area contributed by atoms with E-state index in [0.29, 0.717) is 164 Å². The van der Waals surface area contributed by atoms with Gasteiger partial charge in [0, 0.05) is 107 Å². The van der Waals surface area contributed by atoms with Crippen molar-refractivity contribution < 1.29 is 106 Å². The number of aliphatic carboxylic acids is 4. The van der Waals surface area contributed by atoms with Crippen LogP contribution in [0.5, 0.6) is 23.0 Å². The Labute approximate surface area is 774 Å². The molecular weight excluding hydrogens is 1680 g/mol. The molecule has 0 radical (unpaired) electrons. The lowest BCUT2D eigenvalue weighted by atomic mass is 9.91. The highest BCUT2D eigenvalue weighted by Crippen LogP contribution is 2.35. The van der Waals surface area contributed by atoms with Crippen LogP contribution in [-0.4, -0.2) is 140 Å². The Morgan fingerprint density at radius 3 is 1.19 bits per heavy atom. The van der Waals surface area contributed by atoms with Crippen LogP contribution in [0.4, 0.5) is 0 Å². The normalized spacial score (nSPS) is 14.0. The third-order valence-electron chi connectivity index (χ3n) is 21.8. The number of fused-ring (bicyclic) bond motifs is 1. The molecule has 4 aromatic heterocycles. The number of hydrogen-bond acceptors (Lipinski definition) is 18. The fourth-order valence-electron chi connectivity index (χ4n) is 14.4. The highest BCUT2D eigenvalue weighted by atomic mass is 16.5. The SMILES string of the molecule is [2H]C(CC(=O)c1ccc(-c2ccco2)cc1)c1ccccc1OCCCCCC(=O)O.[2H]C(c1ccccc1OCCCCCC(=O)O)N(C(=O)c1ccc(-c2ccco2)cc1)C(C)(C)C#N.[2H]C(c1ccccc1OCCCCCC(=O)O)N(C(=O)c1ccc(-c2ccco2)cc1)C1COC1.[2H]C(c1ccccc1OCCCCCC(=O)O)N1C(=O)c2ccc(-c3ccco3)cc2CC1C. The molecule has 2 aliphatic heterocycles. The average molecular weight is 1800 g/mol. The first-order valence-electron chi connectivity index (χ1n) is 46.6. The monoisotopic (exact) mass is 1790 g/mol. The molecule has 14 rings (SSSR count). The highest BCUT2D eigenvalue weighted by Gasteiger charge is 2.35. The number of carbonyl (C=O) groups excluding carboxylic acids is 4. The van der Waals surface area contributed by atoms with Gasteiger partial charge in [0.05, 0.1) is 94.0 Å². The molecule has 1 fully saturated rings. The van der Waals surface area contributed by atoms with Gasteiger partial charge in [-0.1, -0.05) is 127 Å². The van der Waals surface area contributed by atoms with Crippen molar-refractivity contribution in [3.05, 3.63) is 312 Å². The molecule has 25 nitrogen and oxygen atoms in total. The van der Waals surface area contributed by atoms with E-state index in [9.17, 15) is 43.6 Å². The summed E-state index contributed by atoms with van der Waals surface area (Å²) < 4.78 is 86.1. The summed E-state index contributed by atoms with van der Waals surface area (Å²) >= 11 is 0. The molecular formula is C107H114N4O21. The standard InChI is InChI=1S/C28H30N2O5.C27H29NO6.C27H29NO5.C25H26O5/c1-28(2,20-29)30(27(33)22-15-13-21(14-16-22)24-11-8-18-35-24)19-23-9-5-6-10-25(23)34-17-7-3-4-12-26(31)32;29-26(30)10-2-1-5-15-33-25-8-4-3-7-22(25)17-28(23-18-32-19-23)27(31)21-13-11-20(12-14-21)24-9-6-16-34-24;1-19-16-22-17-20(24-10-7-15-33-24)12-13-23(22)27(31)28(19)18-21-8-4-5-9-25(21)32-14-6-2-3-11-26(29)30;26-22(19-11-13-21(14-12-19)24-9-6-18-30-24)16-15-20-7-3-4-8-23(20)29-17-5-1-2-10-25(27)28/h5-6,8-11,13-16,18H,3-4,7,12,17,19H2,1-2H3,(H,31,32);3-4,6-9,11-14,16,23H,1-2,5,10,15,17-19H2,(H,29,30);4-5,7-10,12-13,15,17,19H,2-3,6,11,14,16,18H2,1H3,(H,29,30);3-4,6-9,11-14,18H,1-2,5,10,15-17H2,(H,27,28)/i19D;17D;18D;15D. The molecule has 4 N–H and O–H groups in total. The van der Waals surface area contributed by atoms with Gasteiger partial charge in [-0.15, -0.1) is 0 Å². The van der Waals surface area contributed by atoms with Crippen LogP contribution in [0.15, 0.2) is 279 Å². The van der Waals surface area contributed by atoms with E-state index in [1.807, 2.05) is 146 Å². The predicted octanol–water partition coefficient (Wildman–Crippen LogP) is 22.3. The van der Waals surface area contributed by atoms with Crippen LogP contribution >= 0.6 is 0 Å². The zero-order valence-corrected chi connectivity index (χ0v) is 74.3. The maximum atomic E-state index is 13.6. The van der Waals surface area contributed by atoms with Crippen molar-refractivity contribution >= 4 is 47.4 Å². The lowest BCUT2D eigenvalue weighted by Crippen LogP contribution is -2.51. The Bertz CT molecular complexity index is 5860. The molecule has 688 valence electrons. The number of ketones is 1. The number of amides is 3. The first-order chi connectivity index (χ1) is 65.8. The summed E-state index contributed by atoms with van der Waals surface area (Å²) in [5.41, 5.74) is 7.59. The number of aryl methyl sites for hydroxylation is 1. The largest absolute Gasteiger partial charge is 0.493 e. The van der Waals surface area contributed by atoms with Crippen molar-refractivity contribution in [3.8, 4) is 74.4 Å². The van der Waals surface area contributed by atoms with Gasteiger partial charge in [-0.25, -0.2) is 0 Å². The maximum absolute atomic E-state index is 13.6. The fourth-order valence-corrected chi connectivity index (χ4v) is 14.4. The Hall–Kier alpha value is -14.5. The van der Waals surface area contributed by atoms with E-state index in [0.717, 1.165) is 77.2 Å². The van der Waals surface area contributed by atoms with Crippen molar-refractivity contribution in [1.29, 1.82) is 5.26 Å². The van der Waals surface area contributed by atoms with E-state index >= 15 is 0 Å². The van der Waals surface area contributed by atoms with Crippen LogP contribution in [0.2, 0.25) is 0 Å². The molecule has 0 spiro atoms. The molecule has 1 saturated heterocycles. The van der Waals surface area contributed by atoms with Gasteiger partial charge < -0.3 is 76.5 Å². The summed E-state index contributed by atoms with van der Waals surface area (Å²) in [5.74, 6) is 0.939. The Morgan fingerprint density at radius 1 is 0.432 bits per heavy atom. The number of Topliss-reactive ketones (excluding diaryl/α,β-unsaturated/α-hetero) is 1. The predicted molar refractivity (Wildman–Crippen MR) is 498 cm³/mol. The molecule has 0 aliphatic carbocycles. The second-order valence-electron chi connectivity index (χ2n) is 32.1. The van der Waals surface area contributed by atoms with Crippen molar-refractivity contribution in [2.75, 3.05) is 39.6 Å². The molecule has 6 heterocycles. The van der Waals surface area contributed by atoms with Crippen LogP contribution in [0.1, 0.15) is 205 Å². The Morgan fingerprint density at radius 2 is 0.795 bits per heavy atom. The molecule has 132 heavy (non-hydrogen) atoms. The van der Waals surface area contributed by atoms with Gasteiger partial charge in [-0.05, 0) is 231 Å². The highest BCUT2D eigenvalue weighted by molar-refractivity contribution is 5.99. The lowest BCUT2D eigenvalue weighted by molar-refractivity contribution is -0.138. The number of carbonyl (C=O) groups is 8. The van der Waals surface area contributed by atoms with E-state index in [1.54, 1.807) is 146 Å². The molecule has 0 bridgehead atoms. The summed E-state index contributed by atoms with van der Waals surface area (Å²) in [6.45, 7) is 4.55. The van der Waals surface area contributed by atoms with Crippen molar-refractivity contribution in [3.63, 3.8) is 0 Å². The summed E-state index contributed by atoms with van der Waals surface area (Å²) in [5, 5.41) is 44.8. The minimum absolute atomic E-state index is 0.0546. The number of rotatable bonds is 46. The Balaban J connectivity index is 0.000000174. The number of hydrogen-bond donors (Lipinski definition) is 4. The van der Waals surface area contributed by atoms with Crippen LogP contribution in [0, 0.1) is 11.3 Å². The molecule has 25 heteroatoms. The molecule has 2 aliphatic rings. The van der Waals surface area contributed by atoms with Gasteiger partial charge in [-0.3, -0.25) is 38.4 Å². The topological polar surface area (TPSA) is 350 Å². The maximum Gasteiger partial charge on any atom is 0.303 e. The first kappa shape index (κ1) is 92.2. The molecule has 12 aromatic rings. The first-order valence-corrected chi connectivity index (χ1v) is 44.3. The smallest absolute Gasteiger partial charge is 0.303 e. The number of benzene rings is 8. The molecule has 5 atom stereocenters. The minimum atomic E-state index is -1.27. The number of unbranched alkanes of at least 4 members (excludes halogenated alkanes) is 8. The zero-order valence-electron chi connectivity index (χ0n) is 78.3. The number of nitrogens with zero attached hydrogens (tertiary/aromatic N) is 4. The number of furan rings is 4. The molecule has 0 saturated carbocycles. The fraction of sp³-hybridized carbons (Fsp3) is 0.318. The number of carboxylic acids is 4. The van der Waals surface area contributed by atoms with E-state index in [4.69, 9.17) is 67.3 Å². The molecule has 5 unspecified atom stereocenters. The summed E-state index contributed by atoms with van der Waals surface area (Å²) in [4.78, 5) is 100. The average Bonchev–Trinajstić information content (AvgIpc) is 0.910. The summed E-state index contributed by atoms with van der Waals surface area (Å²) in [6, 6.07) is 72.3. The number of carboxylic acid groups (broad SMARTS) is 4. The van der Waals surface area contributed by atoms with E-state index in [-0.39, 0.29) is 61.8 Å². The molecule has 8 aromatic carbocycles. The van der Waals surface area contributed by atoms with Crippen LogP contribution in [0.3, 0.4) is 0 Å². The number of para-hydroxylation sites is 4. The van der Waals surface area contributed by atoms with Gasteiger partial charge >= 0.3 is 23.9 Å². The summed E-state index contributed by atoms with van der Waals surface area (Å²) in [7, 11) is 0. The van der Waals surface area contributed by atoms with Gasteiger partial charge in [0.2, 0.25) is 0 Å². The second-order valence-corrected chi connectivity index (χ2v) is 32.1. The van der Waals surface area contributed by atoms with Crippen LogP contribution in [-0.2, 0) is 56.3 Å². The minimum Gasteiger partial charge on any atom is -0.493 e. The quantitative estimate of drug-likeness (QED) is 0.0203. The van der Waals surface area contributed by atoms with Gasteiger partial charge in [-0.2, -0.15) is 5.26 Å². The summed E-state index contributed by atoms with van der Waals surface area (Å²) in [6.07, 6.45) is 15.2. The number of nitriles is 1. The second kappa shape index (κ2) is 51.0. The van der Waals surface area contributed by atoms with E-state index < -0.39 is 61.3 Å².